The summed E-state index contributed by atoms with van der Waals surface area (Å²) in [6.07, 6.45) is 1.59. The Morgan fingerprint density at radius 1 is 1.44 bits per heavy atom. The van der Waals surface area contributed by atoms with Crippen LogP contribution in [0.3, 0.4) is 0 Å². The van der Waals surface area contributed by atoms with Crippen LogP contribution in [0.1, 0.15) is 27.9 Å². The van der Waals surface area contributed by atoms with Gasteiger partial charge in [0.2, 0.25) is 5.88 Å². The van der Waals surface area contributed by atoms with Crippen molar-refractivity contribution in [3.63, 3.8) is 0 Å². The SMILES string of the molecule is CNc1cc(C)nc([C@H]2COCCN2C(=O)c2cccnc2OC)n1. The minimum atomic E-state index is -0.363. The van der Waals surface area contributed by atoms with E-state index in [1.807, 2.05) is 13.0 Å². The fourth-order valence-electron chi connectivity index (χ4n) is 2.80. The van der Waals surface area contributed by atoms with Gasteiger partial charge in [-0.15, -0.1) is 0 Å². The van der Waals surface area contributed by atoms with E-state index in [-0.39, 0.29) is 11.9 Å². The van der Waals surface area contributed by atoms with Gasteiger partial charge in [-0.3, -0.25) is 4.79 Å². The second-order valence-corrected chi connectivity index (χ2v) is 5.65. The van der Waals surface area contributed by atoms with Crippen molar-refractivity contribution in [3.8, 4) is 5.88 Å². The molecule has 2 aromatic rings. The summed E-state index contributed by atoms with van der Waals surface area (Å²) in [6.45, 7) is 3.16. The van der Waals surface area contributed by atoms with Crippen LogP contribution in [-0.2, 0) is 4.74 Å². The number of rotatable bonds is 4. The molecule has 1 atom stereocenters. The predicted molar refractivity (Wildman–Crippen MR) is 91.7 cm³/mol. The molecule has 8 heteroatoms. The molecule has 0 aliphatic carbocycles. The molecule has 25 heavy (non-hydrogen) atoms. The molecule has 0 spiro atoms. The fourth-order valence-corrected chi connectivity index (χ4v) is 2.80. The Morgan fingerprint density at radius 3 is 3.04 bits per heavy atom. The van der Waals surface area contributed by atoms with Crippen LogP contribution in [0.15, 0.2) is 24.4 Å². The van der Waals surface area contributed by atoms with Crippen molar-refractivity contribution in [2.75, 3.05) is 39.2 Å². The van der Waals surface area contributed by atoms with Gasteiger partial charge < -0.3 is 19.7 Å². The monoisotopic (exact) mass is 343 g/mol. The zero-order valence-electron chi connectivity index (χ0n) is 14.5. The number of nitrogens with one attached hydrogen (secondary N) is 1. The van der Waals surface area contributed by atoms with E-state index in [4.69, 9.17) is 9.47 Å². The molecular formula is C17H21N5O3. The van der Waals surface area contributed by atoms with E-state index < -0.39 is 0 Å². The number of morpholine rings is 1. The molecule has 1 amide bonds. The highest BCUT2D eigenvalue weighted by Gasteiger charge is 2.33. The van der Waals surface area contributed by atoms with E-state index in [9.17, 15) is 4.79 Å². The zero-order valence-corrected chi connectivity index (χ0v) is 14.5. The molecule has 3 rings (SSSR count). The van der Waals surface area contributed by atoms with Crippen molar-refractivity contribution < 1.29 is 14.3 Å². The molecule has 1 saturated heterocycles. The van der Waals surface area contributed by atoms with Crippen molar-refractivity contribution in [1.82, 2.24) is 19.9 Å². The van der Waals surface area contributed by atoms with Crippen LogP contribution >= 0.6 is 0 Å². The van der Waals surface area contributed by atoms with Crippen molar-refractivity contribution >= 4 is 11.7 Å². The quantitative estimate of drug-likeness (QED) is 0.898. The topological polar surface area (TPSA) is 89.5 Å². The van der Waals surface area contributed by atoms with Crippen molar-refractivity contribution in [1.29, 1.82) is 0 Å². The Balaban J connectivity index is 1.96. The lowest BCUT2D eigenvalue weighted by atomic mass is 10.1. The Bertz CT molecular complexity index is 768. The second kappa shape index (κ2) is 7.43. The maximum Gasteiger partial charge on any atom is 0.260 e. The lowest BCUT2D eigenvalue weighted by Crippen LogP contribution is -2.44. The van der Waals surface area contributed by atoms with Gasteiger partial charge >= 0.3 is 0 Å². The van der Waals surface area contributed by atoms with Gasteiger partial charge in [-0.1, -0.05) is 0 Å². The van der Waals surface area contributed by atoms with Gasteiger partial charge in [0.1, 0.15) is 17.4 Å². The molecule has 0 radical (unpaired) electrons. The third-order valence-corrected chi connectivity index (χ3v) is 4.01. The second-order valence-electron chi connectivity index (χ2n) is 5.65. The fraction of sp³-hybridized carbons (Fsp3) is 0.412. The van der Waals surface area contributed by atoms with E-state index >= 15 is 0 Å². The lowest BCUT2D eigenvalue weighted by molar-refractivity contribution is -0.00541. The van der Waals surface area contributed by atoms with Gasteiger partial charge in [0.05, 0.1) is 20.3 Å². The molecule has 0 bridgehead atoms. The van der Waals surface area contributed by atoms with Gasteiger partial charge in [-0.05, 0) is 19.1 Å². The Kier molecular flexibility index (Phi) is 5.08. The first-order valence-electron chi connectivity index (χ1n) is 8.05. The van der Waals surface area contributed by atoms with E-state index in [0.29, 0.717) is 42.8 Å². The molecule has 0 saturated carbocycles. The third-order valence-electron chi connectivity index (χ3n) is 4.01. The molecule has 0 unspecified atom stereocenters. The predicted octanol–water partition coefficient (Wildman–Crippen LogP) is 1.44. The van der Waals surface area contributed by atoms with Crippen LogP contribution in [0.2, 0.25) is 0 Å². The first-order chi connectivity index (χ1) is 12.1. The number of hydrogen-bond donors (Lipinski definition) is 1. The number of hydrogen-bond acceptors (Lipinski definition) is 7. The van der Waals surface area contributed by atoms with E-state index in [0.717, 1.165) is 5.69 Å². The standard InChI is InChI=1S/C17H21N5O3/c1-11-9-14(18-2)21-15(20-11)13-10-25-8-7-22(13)17(23)12-5-4-6-19-16(12)24-3/h4-6,9,13H,7-8,10H2,1-3H3,(H,18,20,21)/t13-/m1/s1. The number of nitrogens with zero attached hydrogens (tertiary/aromatic N) is 4. The van der Waals surface area contributed by atoms with E-state index in [1.165, 1.54) is 7.11 Å². The minimum absolute atomic E-state index is 0.172. The van der Waals surface area contributed by atoms with Crippen LogP contribution in [0.25, 0.3) is 0 Å². The van der Waals surface area contributed by atoms with Crippen LogP contribution in [0.5, 0.6) is 5.88 Å². The largest absolute Gasteiger partial charge is 0.480 e. The Morgan fingerprint density at radius 2 is 2.28 bits per heavy atom. The number of pyridine rings is 1. The number of amides is 1. The molecular weight excluding hydrogens is 322 g/mol. The Labute approximate surface area is 146 Å². The average Bonchev–Trinajstić information content (AvgIpc) is 2.66. The van der Waals surface area contributed by atoms with Crippen LogP contribution in [0, 0.1) is 6.92 Å². The summed E-state index contributed by atoms with van der Waals surface area (Å²) in [5.74, 6) is 1.40. The lowest BCUT2D eigenvalue weighted by Gasteiger charge is -2.35. The number of carbonyl (C=O) groups excluding carboxylic acids is 1. The molecule has 3 heterocycles. The first kappa shape index (κ1) is 17.1. The van der Waals surface area contributed by atoms with Crippen molar-refractivity contribution in [2.24, 2.45) is 0 Å². The highest BCUT2D eigenvalue weighted by atomic mass is 16.5. The molecule has 132 valence electrons. The summed E-state index contributed by atoms with van der Waals surface area (Å²) in [5, 5.41) is 3.02. The molecule has 1 aliphatic rings. The average molecular weight is 343 g/mol. The summed E-state index contributed by atoms with van der Waals surface area (Å²) in [6, 6.07) is 4.91. The van der Waals surface area contributed by atoms with E-state index in [1.54, 1.807) is 30.3 Å². The smallest absolute Gasteiger partial charge is 0.260 e. The maximum atomic E-state index is 13.1. The number of aryl methyl sites for hydroxylation is 1. The maximum absolute atomic E-state index is 13.1. The summed E-state index contributed by atoms with van der Waals surface area (Å²) in [5.41, 5.74) is 1.24. The molecule has 8 nitrogen and oxygen atoms in total. The third kappa shape index (κ3) is 3.53. The van der Waals surface area contributed by atoms with Gasteiger partial charge in [0.15, 0.2) is 5.82 Å². The normalized spacial score (nSPS) is 17.2. The molecule has 1 fully saturated rings. The number of anilines is 1. The molecule has 1 aliphatic heterocycles. The van der Waals surface area contributed by atoms with Gasteiger partial charge in [-0.25, -0.2) is 15.0 Å². The first-order valence-corrected chi connectivity index (χ1v) is 8.05. The van der Waals surface area contributed by atoms with Crippen LogP contribution in [0.4, 0.5) is 5.82 Å². The van der Waals surface area contributed by atoms with Crippen LogP contribution < -0.4 is 10.1 Å². The zero-order chi connectivity index (χ0) is 17.8. The van der Waals surface area contributed by atoms with Gasteiger partial charge in [0.25, 0.3) is 5.91 Å². The summed E-state index contributed by atoms with van der Waals surface area (Å²) in [4.78, 5) is 27.9. The van der Waals surface area contributed by atoms with Crippen LogP contribution in [-0.4, -0.2) is 59.7 Å². The van der Waals surface area contributed by atoms with Crippen molar-refractivity contribution in [3.05, 3.63) is 41.5 Å². The highest BCUT2D eigenvalue weighted by Crippen LogP contribution is 2.27. The van der Waals surface area contributed by atoms with Gasteiger partial charge in [-0.2, -0.15) is 0 Å². The minimum Gasteiger partial charge on any atom is -0.480 e. The number of carbonyl (C=O) groups is 1. The molecule has 2 aromatic heterocycles. The summed E-state index contributed by atoms with van der Waals surface area (Å²) < 4.78 is 10.8. The van der Waals surface area contributed by atoms with Gasteiger partial charge in [0, 0.05) is 31.5 Å². The molecule has 0 aromatic carbocycles. The van der Waals surface area contributed by atoms with E-state index in [2.05, 4.69) is 20.3 Å². The number of aromatic nitrogens is 3. The number of methoxy groups -OCH3 is 1. The molecule has 1 N–H and O–H groups in total. The highest BCUT2D eigenvalue weighted by molar-refractivity contribution is 5.96. The number of ether oxygens (including phenoxy) is 2. The summed E-state index contributed by atoms with van der Waals surface area (Å²) >= 11 is 0. The Hall–Kier alpha value is -2.74. The van der Waals surface area contributed by atoms with Crippen molar-refractivity contribution in [2.45, 2.75) is 13.0 Å². The summed E-state index contributed by atoms with van der Waals surface area (Å²) in [7, 11) is 3.30.